The van der Waals surface area contributed by atoms with Crippen molar-refractivity contribution in [2.24, 2.45) is 0 Å². The van der Waals surface area contributed by atoms with Crippen LogP contribution in [0.1, 0.15) is 12.7 Å². The Kier molecular flexibility index (Phi) is 2.89. The number of halogens is 1. The predicted octanol–water partition coefficient (Wildman–Crippen LogP) is 3.73. The Morgan fingerprint density at radius 2 is 2.21 bits per heavy atom. The Bertz CT molecular complexity index is 434. The van der Waals surface area contributed by atoms with Crippen LogP contribution in [0.4, 0.5) is 0 Å². The van der Waals surface area contributed by atoms with Crippen molar-refractivity contribution in [3.8, 4) is 0 Å². The van der Waals surface area contributed by atoms with Crippen LogP contribution in [0.2, 0.25) is 0 Å². The van der Waals surface area contributed by atoms with Gasteiger partial charge in [-0.15, -0.1) is 0 Å². The average Bonchev–Trinajstić information content (AvgIpc) is 2.56. The fraction of sp³-hybridized carbons (Fsp3) is 0.273. The summed E-state index contributed by atoms with van der Waals surface area (Å²) in [6.45, 7) is 3.22. The van der Waals surface area contributed by atoms with Gasteiger partial charge in [0.05, 0.1) is 0 Å². The van der Waals surface area contributed by atoms with Gasteiger partial charge < -0.3 is 9.15 Å². The van der Waals surface area contributed by atoms with E-state index in [1.807, 2.05) is 31.2 Å². The molecule has 1 aromatic carbocycles. The zero-order valence-electron chi connectivity index (χ0n) is 7.92. The highest BCUT2D eigenvalue weighted by atomic mass is 79.9. The first-order valence-electron chi connectivity index (χ1n) is 4.55. The maximum Gasteiger partial charge on any atom is 0.135 e. The topological polar surface area (TPSA) is 22.4 Å². The van der Waals surface area contributed by atoms with Gasteiger partial charge in [-0.05, 0) is 31.2 Å². The van der Waals surface area contributed by atoms with Crippen LogP contribution in [0, 0.1) is 0 Å². The molecule has 0 aliphatic carbocycles. The normalized spacial score (nSPS) is 11.0. The highest BCUT2D eigenvalue weighted by Crippen LogP contribution is 2.23. The molecule has 14 heavy (non-hydrogen) atoms. The lowest BCUT2D eigenvalue weighted by atomic mass is 10.2. The third-order valence-electron chi connectivity index (χ3n) is 1.98. The number of hydrogen-bond donors (Lipinski definition) is 0. The molecule has 0 saturated carbocycles. The van der Waals surface area contributed by atoms with Crippen molar-refractivity contribution in [1.29, 1.82) is 0 Å². The van der Waals surface area contributed by atoms with E-state index < -0.39 is 0 Å². The number of fused-ring (bicyclic) bond motifs is 1. The first kappa shape index (κ1) is 9.74. The molecule has 2 rings (SSSR count). The Labute approximate surface area is 91.0 Å². The fourth-order valence-electron chi connectivity index (χ4n) is 1.33. The van der Waals surface area contributed by atoms with Gasteiger partial charge in [-0.25, -0.2) is 0 Å². The summed E-state index contributed by atoms with van der Waals surface area (Å²) in [7, 11) is 0. The van der Waals surface area contributed by atoms with E-state index >= 15 is 0 Å². The smallest absolute Gasteiger partial charge is 0.135 e. The molecular weight excluding hydrogens is 244 g/mol. The minimum absolute atomic E-state index is 0.544. The molecule has 1 aromatic heterocycles. The molecule has 0 saturated heterocycles. The van der Waals surface area contributed by atoms with Gasteiger partial charge in [-0.2, -0.15) is 0 Å². The van der Waals surface area contributed by atoms with Gasteiger partial charge in [0.2, 0.25) is 0 Å². The molecule has 0 amide bonds. The maximum absolute atomic E-state index is 5.60. The second-order valence-electron chi connectivity index (χ2n) is 3.03. The monoisotopic (exact) mass is 254 g/mol. The van der Waals surface area contributed by atoms with Crippen LogP contribution in [-0.4, -0.2) is 6.61 Å². The zero-order valence-corrected chi connectivity index (χ0v) is 9.50. The van der Waals surface area contributed by atoms with Crippen molar-refractivity contribution in [2.75, 3.05) is 6.61 Å². The molecule has 0 aliphatic rings. The Morgan fingerprint density at radius 1 is 1.36 bits per heavy atom. The van der Waals surface area contributed by atoms with E-state index in [1.165, 1.54) is 0 Å². The van der Waals surface area contributed by atoms with Crippen LogP contribution in [0.25, 0.3) is 11.0 Å². The quantitative estimate of drug-likeness (QED) is 0.833. The van der Waals surface area contributed by atoms with Crippen LogP contribution in [0.3, 0.4) is 0 Å². The summed E-state index contributed by atoms with van der Waals surface area (Å²) in [5.74, 6) is 0.875. The van der Waals surface area contributed by atoms with Gasteiger partial charge >= 0.3 is 0 Å². The lowest BCUT2D eigenvalue weighted by Crippen LogP contribution is -1.88. The lowest BCUT2D eigenvalue weighted by molar-refractivity contribution is 0.119. The SMILES string of the molecule is CCOCc1cc2ccc(Br)cc2o1. The van der Waals surface area contributed by atoms with Crippen LogP contribution in [0.5, 0.6) is 0 Å². The van der Waals surface area contributed by atoms with E-state index in [0.717, 1.165) is 21.2 Å². The molecule has 0 fully saturated rings. The molecule has 0 atom stereocenters. The summed E-state index contributed by atoms with van der Waals surface area (Å²) in [6, 6.07) is 8.00. The molecule has 3 heteroatoms. The van der Waals surface area contributed by atoms with Crippen molar-refractivity contribution in [3.63, 3.8) is 0 Å². The summed E-state index contributed by atoms with van der Waals surface area (Å²) >= 11 is 3.40. The molecule has 0 bridgehead atoms. The molecule has 1 heterocycles. The molecule has 2 aromatic rings. The lowest BCUT2D eigenvalue weighted by Gasteiger charge is -1.94. The van der Waals surface area contributed by atoms with Gasteiger partial charge in [0.25, 0.3) is 0 Å². The predicted molar refractivity (Wildman–Crippen MR) is 59.2 cm³/mol. The van der Waals surface area contributed by atoms with Crippen molar-refractivity contribution in [3.05, 3.63) is 34.5 Å². The molecule has 0 radical (unpaired) electrons. The van der Waals surface area contributed by atoms with Gasteiger partial charge in [-0.3, -0.25) is 0 Å². The molecular formula is C11H11BrO2. The van der Waals surface area contributed by atoms with Crippen LogP contribution in [0.15, 0.2) is 33.2 Å². The molecule has 2 nitrogen and oxygen atoms in total. The highest BCUT2D eigenvalue weighted by Gasteiger charge is 2.03. The minimum atomic E-state index is 0.544. The summed E-state index contributed by atoms with van der Waals surface area (Å²) in [5, 5.41) is 1.11. The first-order chi connectivity index (χ1) is 6.79. The van der Waals surface area contributed by atoms with E-state index in [-0.39, 0.29) is 0 Å². The fourth-order valence-corrected chi connectivity index (χ4v) is 1.67. The number of rotatable bonds is 3. The molecule has 0 N–H and O–H groups in total. The number of ether oxygens (including phenoxy) is 1. The number of hydrogen-bond acceptors (Lipinski definition) is 2. The molecule has 0 aliphatic heterocycles. The van der Waals surface area contributed by atoms with Gasteiger partial charge in [0.15, 0.2) is 0 Å². The number of furan rings is 1. The molecule has 74 valence electrons. The van der Waals surface area contributed by atoms with E-state index in [9.17, 15) is 0 Å². The van der Waals surface area contributed by atoms with E-state index in [2.05, 4.69) is 15.9 Å². The highest BCUT2D eigenvalue weighted by molar-refractivity contribution is 9.10. The van der Waals surface area contributed by atoms with Gasteiger partial charge in [0.1, 0.15) is 18.0 Å². The Balaban J connectivity index is 2.32. The van der Waals surface area contributed by atoms with E-state index in [0.29, 0.717) is 13.2 Å². The van der Waals surface area contributed by atoms with Crippen molar-refractivity contribution in [2.45, 2.75) is 13.5 Å². The zero-order chi connectivity index (χ0) is 9.97. The third kappa shape index (κ3) is 1.99. The number of benzene rings is 1. The van der Waals surface area contributed by atoms with Crippen LogP contribution in [-0.2, 0) is 11.3 Å². The summed E-state index contributed by atoms with van der Waals surface area (Å²) in [5.41, 5.74) is 0.897. The van der Waals surface area contributed by atoms with Crippen LogP contribution < -0.4 is 0 Å². The Morgan fingerprint density at radius 3 is 3.00 bits per heavy atom. The third-order valence-corrected chi connectivity index (χ3v) is 2.47. The summed E-state index contributed by atoms with van der Waals surface area (Å²) < 4.78 is 11.9. The Hall–Kier alpha value is -0.800. The van der Waals surface area contributed by atoms with Crippen molar-refractivity contribution in [1.82, 2.24) is 0 Å². The summed E-state index contributed by atoms with van der Waals surface area (Å²) in [6.07, 6.45) is 0. The average molecular weight is 255 g/mol. The van der Waals surface area contributed by atoms with Crippen molar-refractivity contribution >= 4 is 26.9 Å². The largest absolute Gasteiger partial charge is 0.459 e. The van der Waals surface area contributed by atoms with Crippen molar-refractivity contribution < 1.29 is 9.15 Å². The maximum atomic E-state index is 5.60. The van der Waals surface area contributed by atoms with E-state index in [1.54, 1.807) is 0 Å². The first-order valence-corrected chi connectivity index (χ1v) is 5.34. The second-order valence-corrected chi connectivity index (χ2v) is 3.95. The molecule has 0 unspecified atom stereocenters. The molecule has 0 spiro atoms. The standard InChI is InChI=1S/C11H11BrO2/c1-2-13-7-10-5-8-3-4-9(12)6-11(8)14-10/h3-6H,2,7H2,1H3. The summed E-state index contributed by atoms with van der Waals surface area (Å²) in [4.78, 5) is 0. The van der Waals surface area contributed by atoms with E-state index in [4.69, 9.17) is 9.15 Å². The minimum Gasteiger partial charge on any atom is -0.459 e. The van der Waals surface area contributed by atoms with Crippen LogP contribution >= 0.6 is 15.9 Å². The second kappa shape index (κ2) is 4.15. The van der Waals surface area contributed by atoms with Gasteiger partial charge in [0, 0.05) is 16.5 Å². The van der Waals surface area contributed by atoms with Gasteiger partial charge in [-0.1, -0.05) is 15.9 Å².